The maximum Gasteiger partial charge on any atom is 0.329 e. The van der Waals surface area contributed by atoms with Gasteiger partial charge in [0.25, 0.3) is 0 Å². The van der Waals surface area contributed by atoms with Crippen LogP contribution in [-0.4, -0.2) is 18.0 Å². The molecule has 2 amide bonds. The first-order valence-corrected chi connectivity index (χ1v) is 7.45. The fourth-order valence-electron chi connectivity index (χ4n) is 1.81. The van der Waals surface area contributed by atoms with Gasteiger partial charge >= 0.3 is 11.8 Å². The number of hydrogen-bond donors (Lipinski definition) is 2. The Hall–Kier alpha value is -2.66. The first kappa shape index (κ1) is 16.7. The van der Waals surface area contributed by atoms with Crippen molar-refractivity contribution in [1.29, 1.82) is 0 Å². The Morgan fingerprint density at radius 2 is 1.87 bits per heavy atom. The number of benzene rings is 2. The summed E-state index contributed by atoms with van der Waals surface area (Å²) in [5, 5.41) is 6.80. The lowest BCUT2D eigenvalue weighted by Crippen LogP contribution is -2.32. The quantitative estimate of drug-likeness (QED) is 0.514. The maximum absolute atomic E-state index is 11.7. The molecule has 0 saturated carbocycles. The van der Waals surface area contributed by atoms with Crippen molar-refractivity contribution in [2.45, 2.75) is 13.3 Å². The largest absolute Gasteiger partial charge is 0.329 e. The molecule has 0 heterocycles. The molecule has 6 heteroatoms. The van der Waals surface area contributed by atoms with Crippen LogP contribution in [0, 0.1) is 0 Å². The Labute approximate surface area is 139 Å². The van der Waals surface area contributed by atoms with Crippen LogP contribution in [-0.2, 0) is 16.0 Å². The highest BCUT2D eigenvalue weighted by Gasteiger charge is 2.12. The predicted molar refractivity (Wildman–Crippen MR) is 91.6 cm³/mol. The van der Waals surface area contributed by atoms with Crippen LogP contribution in [0.1, 0.15) is 18.1 Å². The van der Waals surface area contributed by atoms with Crippen LogP contribution in [0.4, 0.5) is 5.69 Å². The van der Waals surface area contributed by atoms with Gasteiger partial charge < -0.3 is 5.32 Å². The number of rotatable bonds is 4. The third-order valence-corrected chi connectivity index (χ3v) is 3.29. The van der Waals surface area contributed by atoms with Crippen LogP contribution < -0.4 is 10.7 Å². The second-order valence-electron chi connectivity index (χ2n) is 4.76. The number of nitrogens with one attached hydrogen (secondary N) is 2. The second-order valence-corrected chi connectivity index (χ2v) is 5.20. The van der Waals surface area contributed by atoms with Gasteiger partial charge in [-0.1, -0.05) is 42.8 Å². The van der Waals surface area contributed by atoms with E-state index in [4.69, 9.17) is 11.6 Å². The molecule has 2 rings (SSSR count). The van der Waals surface area contributed by atoms with E-state index in [-0.39, 0.29) is 0 Å². The first-order chi connectivity index (χ1) is 11.1. The van der Waals surface area contributed by atoms with E-state index in [0.29, 0.717) is 16.3 Å². The molecule has 0 fully saturated rings. The molecule has 23 heavy (non-hydrogen) atoms. The van der Waals surface area contributed by atoms with Gasteiger partial charge in [-0.3, -0.25) is 9.59 Å². The number of nitrogens with zero attached hydrogens (tertiary/aromatic N) is 1. The molecule has 0 atom stereocenters. The highest BCUT2D eigenvalue weighted by atomic mass is 35.5. The molecular weight excluding hydrogens is 314 g/mol. The molecule has 118 valence electrons. The van der Waals surface area contributed by atoms with Crippen molar-refractivity contribution in [3.8, 4) is 0 Å². The molecule has 0 aliphatic carbocycles. The summed E-state index contributed by atoms with van der Waals surface area (Å²) in [6.45, 7) is 2.04. The molecule has 0 aromatic heterocycles. The lowest BCUT2D eigenvalue weighted by Gasteiger charge is -2.04. The molecule has 0 bridgehead atoms. The number of amides is 2. The Kier molecular flexibility index (Phi) is 5.88. The normalized spacial score (nSPS) is 10.5. The van der Waals surface area contributed by atoms with Gasteiger partial charge in [0.05, 0.1) is 6.21 Å². The van der Waals surface area contributed by atoms with E-state index in [1.165, 1.54) is 6.21 Å². The van der Waals surface area contributed by atoms with Crippen molar-refractivity contribution < 1.29 is 9.59 Å². The van der Waals surface area contributed by atoms with Crippen LogP contribution in [0.15, 0.2) is 53.6 Å². The van der Waals surface area contributed by atoms with Gasteiger partial charge in [0.2, 0.25) is 0 Å². The number of hydrazone groups is 1. The lowest BCUT2D eigenvalue weighted by atomic mass is 10.1. The fourth-order valence-corrected chi connectivity index (χ4v) is 2.01. The van der Waals surface area contributed by atoms with Crippen LogP contribution >= 0.6 is 11.6 Å². The smallest absolute Gasteiger partial charge is 0.318 e. The average Bonchev–Trinajstić information content (AvgIpc) is 2.55. The van der Waals surface area contributed by atoms with Crippen LogP contribution in [0.5, 0.6) is 0 Å². The summed E-state index contributed by atoms with van der Waals surface area (Å²) in [7, 11) is 0. The second kappa shape index (κ2) is 8.10. The molecule has 5 nitrogen and oxygen atoms in total. The molecular formula is C17H16ClN3O2. The van der Waals surface area contributed by atoms with E-state index in [1.54, 1.807) is 36.4 Å². The summed E-state index contributed by atoms with van der Waals surface area (Å²) < 4.78 is 0. The zero-order chi connectivity index (χ0) is 16.7. The van der Waals surface area contributed by atoms with Crippen LogP contribution in [0.3, 0.4) is 0 Å². The molecule has 0 unspecified atom stereocenters. The van der Waals surface area contributed by atoms with Gasteiger partial charge in [-0.2, -0.15) is 5.10 Å². The number of anilines is 1. The van der Waals surface area contributed by atoms with Gasteiger partial charge in [-0.25, -0.2) is 5.43 Å². The average molecular weight is 330 g/mol. The van der Waals surface area contributed by atoms with Gasteiger partial charge in [-0.15, -0.1) is 0 Å². The van der Waals surface area contributed by atoms with Crippen LogP contribution in [0.2, 0.25) is 5.02 Å². The van der Waals surface area contributed by atoms with Gasteiger partial charge in [0.1, 0.15) is 0 Å². The minimum atomic E-state index is -0.845. The van der Waals surface area contributed by atoms with E-state index in [2.05, 4.69) is 15.8 Å². The summed E-state index contributed by atoms with van der Waals surface area (Å²) in [4.78, 5) is 23.4. The van der Waals surface area contributed by atoms with Gasteiger partial charge in [0.15, 0.2) is 0 Å². The monoisotopic (exact) mass is 329 g/mol. The molecule has 2 aromatic rings. The standard InChI is InChI=1S/C17H16ClN3O2/c1-2-12-6-8-15(9-7-12)20-16(22)17(23)21-19-11-13-4-3-5-14(18)10-13/h3-11H,2H2,1H3,(H,20,22)(H,21,23). The van der Waals surface area contributed by atoms with Crippen molar-refractivity contribution in [3.63, 3.8) is 0 Å². The highest BCUT2D eigenvalue weighted by Crippen LogP contribution is 2.10. The topological polar surface area (TPSA) is 70.6 Å². The highest BCUT2D eigenvalue weighted by molar-refractivity contribution is 6.39. The SMILES string of the molecule is CCc1ccc(NC(=O)C(=O)NN=Cc2cccc(Cl)c2)cc1. The van der Waals surface area contributed by atoms with Crippen molar-refractivity contribution in [1.82, 2.24) is 5.43 Å². The molecule has 0 saturated heterocycles. The van der Waals surface area contributed by atoms with Crippen molar-refractivity contribution >= 4 is 35.3 Å². The Bertz CT molecular complexity index is 727. The Morgan fingerprint density at radius 1 is 1.13 bits per heavy atom. The number of aryl methyl sites for hydroxylation is 1. The maximum atomic E-state index is 11.7. The zero-order valence-electron chi connectivity index (χ0n) is 12.5. The minimum Gasteiger partial charge on any atom is -0.318 e. The number of carbonyl (C=O) groups excluding carboxylic acids is 2. The van der Waals surface area contributed by atoms with Gasteiger partial charge in [-0.05, 0) is 41.8 Å². The summed E-state index contributed by atoms with van der Waals surface area (Å²) >= 11 is 5.84. The number of carbonyl (C=O) groups is 2. The van der Waals surface area contributed by atoms with E-state index < -0.39 is 11.8 Å². The number of halogens is 1. The van der Waals surface area contributed by atoms with Gasteiger partial charge in [0, 0.05) is 10.7 Å². The third-order valence-electron chi connectivity index (χ3n) is 3.05. The molecule has 0 aliphatic rings. The Balaban J connectivity index is 1.88. The zero-order valence-corrected chi connectivity index (χ0v) is 13.3. The minimum absolute atomic E-state index is 0.557. The fraction of sp³-hybridized carbons (Fsp3) is 0.118. The summed E-state index contributed by atoms with van der Waals surface area (Å²) in [6.07, 6.45) is 2.32. The van der Waals surface area contributed by atoms with Crippen molar-refractivity contribution in [3.05, 3.63) is 64.7 Å². The lowest BCUT2D eigenvalue weighted by molar-refractivity contribution is -0.136. The number of hydrogen-bond acceptors (Lipinski definition) is 3. The predicted octanol–water partition coefficient (Wildman–Crippen LogP) is 2.99. The van der Waals surface area contributed by atoms with Crippen molar-refractivity contribution in [2.24, 2.45) is 5.10 Å². The third kappa shape index (κ3) is 5.23. The molecule has 2 N–H and O–H groups in total. The first-order valence-electron chi connectivity index (χ1n) is 7.07. The molecule has 0 spiro atoms. The summed E-state index contributed by atoms with van der Waals surface area (Å²) in [5.74, 6) is -1.62. The van der Waals surface area contributed by atoms with E-state index in [0.717, 1.165) is 12.0 Å². The van der Waals surface area contributed by atoms with Crippen LogP contribution in [0.25, 0.3) is 0 Å². The summed E-state index contributed by atoms with van der Waals surface area (Å²) in [5.41, 5.74) is 4.59. The van der Waals surface area contributed by atoms with Crippen molar-refractivity contribution in [2.75, 3.05) is 5.32 Å². The molecule has 2 aromatic carbocycles. The molecule has 0 aliphatic heterocycles. The van der Waals surface area contributed by atoms with E-state index in [9.17, 15) is 9.59 Å². The Morgan fingerprint density at radius 3 is 2.52 bits per heavy atom. The van der Waals surface area contributed by atoms with E-state index >= 15 is 0 Å². The summed E-state index contributed by atoms with van der Waals surface area (Å²) in [6, 6.07) is 14.2. The van der Waals surface area contributed by atoms with E-state index in [1.807, 2.05) is 19.1 Å². The molecule has 0 radical (unpaired) electrons.